The molecule has 0 saturated carbocycles. The summed E-state index contributed by atoms with van der Waals surface area (Å²) < 4.78 is 9.36. The Kier molecular flexibility index (Phi) is 2.49. The Balaban J connectivity index is 2.51. The van der Waals surface area contributed by atoms with Crippen molar-refractivity contribution in [1.82, 2.24) is 5.32 Å². The Bertz CT molecular complexity index is 204. The quantitative estimate of drug-likeness (QED) is 0.555. The van der Waals surface area contributed by atoms with Gasteiger partial charge in [0.1, 0.15) is 6.04 Å². The largest absolute Gasteiger partial charge is 0.465 e. The number of esters is 1. The molecule has 0 radical (unpaired) electrons. The van der Waals surface area contributed by atoms with Gasteiger partial charge in [-0.15, -0.1) is 0 Å². The van der Waals surface area contributed by atoms with E-state index in [0.29, 0.717) is 0 Å². The first-order chi connectivity index (χ1) is 5.63. The lowest BCUT2D eigenvalue weighted by molar-refractivity contribution is -0.159. The molecule has 1 fully saturated rings. The van der Waals surface area contributed by atoms with Crippen LogP contribution in [-0.2, 0) is 14.3 Å². The van der Waals surface area contributed by atoms with Crippen LogP contribution in [0.15, 0.2) is 0 Å². The van der Waals surface area contributed by atoms with Gasteiger partial charge in [-0.25, -0.2) is 4.79 Å². The van der Waals surface area contributed by atoms with Gasteiger partial charge < -0.3 is 19.9 Å². The van der Waals surface area contributed by atoms with E-state index in [1.54, 1.807) is 0 Å². The summed E-state index contributed by atoms with van der Waals surface area (Å²) in [4.78, 5) is 20.9. The predicted molar refractivity (Wildman–Crippen MR) is 36.5 cm³/mol. The molecule has 0 bridgehead atoms. The number of carbonyl (C=O) groups is 2. The van der Waals surface area contributed by atoms with Crippen LogP contribution in [0.1, 0.15) is 6.42 Å². The summed E-state index contributed by atoms with van der Waals surface area (Å²) in [5.41, 5.74) is 0. The third-order valence-electron chi connectivity index (χ3n) is 1.50. The van der Waals surface area contributed by atoms with Crippen LogP contribution in [0.4, 0.5) is 4.79 Å². The standard InChI is InChI=1S/C6H9NO5/c1-11-5-3(7-6(9)10)2-4(8)12-5/h3,5,7H,2H2,1H3,(H,9,10)/t3-,5+/m0/s1. The SMILES string of the molecule is CO[C@@H]1OC(=O)C[C@@H]1NC(=O)O. The van der Waals surface area contributed by atoms with E-state index < -0.39 is 24.4 Å². The number of carboxylic acid groups (broad SMARTS) is 1. The number of hydrogen-bond donors (Lipinski definition) is 2. The number of methoxy groups -OCH3 is 1. The minimum absolute atomic E-state index is 0.0187. The minimum atomic E-state index is -1.19. The summed E-state index contributed by atoms with van der Waals surface area (Å²) in [6.45, 7) is 0. The molecule has 1 heterocycles. The molecule has 6 nitrogen and oxygen atoms in total. The lowest BCUT2D eigenvalue weighted by atomic mass is 10.2. The maximum atomic E-state index is 10.7. The zero-order valence-corrected chi connectivity index (χ0v) is 6.44. The Morgan fingerprint density at radius 1 is 1.83 bits per heavy atom. The highest BCUT2D eigenvalue weighted by molar-refractivity contribution is 5.74. The molecule has 0 aliphatic carbocycles. The lowest BCUT2D eigenvalue weighted by Gasteiger charge is -2.14. The molecule has 1 aliphatic rings. The highest BCUT2D eigenvalue weighted by Gasteiger charge is 2.35. The van der Waals surface area contributed by atoms with Gasteiger partial charge in [-0.2, -0.15) is 0 Å². The number of carbonyl (C=O) groups excluding carboxylic acids is 1. The van der Waals surface area contributed by atoms with Gasteiger partial charge in [-0.3, -0.25) is 4.79 Å². The molecule has 6 heteroatoms. The monoisotopic (exact) mass is 175 g/mol. The van der Waals surface area contributed by atoms with Crippen molar-refractivity contribution in [2.45, 2.75) is 18.8 Å². The summed E-state index contributed by atoms with van der Waals surface area (Å²) in [5, 5.41) is 10.5. The summed E-state index contributed by atoms with van der Waals surface area (Å²) in [6, 6.07) is -0.597. The van der Waals surface area contributed by atoms with Crippen LogP contribution in [0, 0.1) is 0 Å². The molecule has 12 heavy (non-hydrogen) atoms. The van der Waals surface area contributed by atoms with E-state index in [1.165, 1.54) is 7.11 Å². The van der Waals surface area contributed by atoms with Crippen molar-refractivity contribution < 1.29 is 24.2 Å². The first-order valence-electron chi connectivity index (χ1n) is 3.35. The van der Waals surface area contributed by atoms with E-state index in [4.69, 9.17) is 9.84 Å². The molecular formula is C6H9NO5. The van der Waals surface area contributed by atoms with Gasteiger partial charge >= 0.3 is 12.1 Å². The maximum absolute atomic E-state index is 10.7. The van der Waals surface area contributed by atoms with Crippen LogP contribution < -0.4 is 5.32 Å². The van der Waals surface area contributed by atoms with Gasteiger partial charge in [0, 0.05) is 7.11 Å². The van der Waals surface area contributed by atoms with E-state index in [9.17, 15) is 9.59 Å². The summed E-state index contributed by atoms with van der Waals surface area (Å²) in [5.74, 6) is -0.458. The van der Waals surface area contributed by atoms with Crippen molar-refractivity contribution in [2.24, 2.45) is 0 Å². The Hall–Kier alpha value is -1.30. The summed E-state index contributed by atoms with van der Waals surface area (Å²) >= 11 is 0. The molecular weight excluding hydrogens is 166 g/mol. The Morgan fingerprint density at radius 2 is 2.50 bits per heavy atom. The minimum Gasteiger partial charge on any atom is -0.465 e. The van der Waals surface area contributed by atoms with Gasteiger partial charge in [-0.05, 0) is 0 Å². The molecule has 0 aromatic rings. The fraction of sp³-hybridized carbons (Fsp3) is 0.667. The van der Waals surface area contributed by atoms with Crippen molar-refractivity contribution in [3.8, 4) is 0 Å². The van der Waals surface area contributed by atoms with Gasteiger partial charge in [-0.1, -0.05) is 0 Å². The van der Waals surface area contributed by atoms with Crippen LogP contribution in [0.2, 0.25) is 0 Å². The molecule has 0 aromatic carbocycles. The third kappa shape index (κ3) is 1.85. The number of ether oxygens (including phenoxy) is 2. The molecule has 0 unspecified atom stereocenters. The maximum Gasteiger partial charge on any atom is 0.405 e. The average Bonchev–Trinajstić information content (AvgIpc) is 2.29. The molecule has 0 spiro atoms. The van der Waals surface area contributed by atoms with E-state index in [2.05, 4.69) is 10.1 Å². The fourth-order valence-corrected chi connectivity index (χ4v) is 1.03. The second kappa shape index (κ2) is 3.40. The second-order valence-corrected chi connectivity index (χ2v) is 2.35. The van der Waals surface area contributed by atoms with Crippen molar-refractivity contribution in [3.05, 3.63) is 0 Å². The van der Waals surface area contributed by atoms with Crippen LogP contribution in [0.5, 0.6) is 0 Å². The molecule has 2 N–H and O–H groups in total. The average molecular weight is 175 g/mol. The van der Waals surface area contributed by atoms with Gasteiger partial charge in [0.2, 0.25) is 6.29 Å². The first kappa shape index (κ1) is 8.79. The molecule has 1 aliphatic heterocycles. The van der Waals surface area contributed by atoms with E-state index in [1.807, 2.05) is 0 Å². The van der Waals surface area contributed by atoms with Crippen LogP contribution in [0.25, 0.3) is 0 Å². The lowest BCUT2D eigenvalue weighted by Crippen LogP contribution is -2.40. The van der Waals surface area contributed by atoms with Gasteiger partial charge in [0.15, 0.2) is 0 Å². The normalized spacial score (nSPS) is 28.2. The molecule has 1 saturated heterocycles. The van der Waals surface area contributed by atoms with E-state index >= 15 is 0 Å². The second-order valence-electron chi connectivity index (χ2n) is 2.35. The van der Waals surface area contributed by atoms with E-state index in [-0.39, 0.29) is 6.42 Å². The van der Waals surface area contributed by atoms with E-state index in [0.717, 1.165) is 0 Å². The van der Waals surface area contributed by atoms with Crippen LogP contribution in [0.3, 0.4) is 0 Å². The fourth-order valence-electron chi connectivity index (χ4n) is 1.03. The highest BCUT2D eigenvalue weighted by Crippen LogP contribution is 2.14. The Labute approximate surface area is 68.5 Å². The first-order valence-corrected chi connectivity index (χ1v) is 3.35. The zero-order valence-electron chi connectivity index (χ0n) is 6.44. The predicted octanol–water partition coefficient (Wildman–Crippen LogP) is -0.458. The smallest absolute Gasteiger partial charge is 0.405 e. The zero-order chi connectivity index (χ0) is 9.14. The third-order valence-corrected chi connectivity index (χ3v) is 1.50. The van der Waals surface area contributed by atoms with Crippen molar-refractivity contribution >= 4 is 12.1 Å². The van der Waals surface area contributed by atoms with Gasteiger partial charge in [0.05, 0.1) is 6.42 Å². The molecule has 0 aromatic heterocycles. The summed E-state index contributed by atoms with van der Waals surface area (Å²) in [7, 11) is 1.35. The molecule has 68 valence electrons. The Morgan fingerprint density at radius 3 is 3.00 bits per heavy atom. The molecule has 2 atom stereocenters. The van der Waals surface area contributed by atoms with Crippen molar-refractivity contribution in [2.75, 3.05) is 7.11 Å². The topological polar surface area (TPSA) is 84.9 Å². The van der Waals surface area contributed by atoms with Gasteiger partial charge in [0.25, 0.3) is 0 Å². The number of nitrogens with one attached hydrogen (secondary N) is 1. The molecule has 1 rings (SSSR count). The van der Waals surface area contributed by atoms with Crippen LogP contribution in [-0.4, -0.2) is 36.6 Å². The van der Waals surface area contributed by atoms with Crippen LogP contribution >= 0.6 is 0 Å². The molecule has 1 amide bonds. The number of amides is 1. The number of rotatable bonds is 2. The highest BCUT2D eigenvalue weighted by atomic mass is 16.7. The summed E-state index contributed by atoms with van der Waals surface area (Å²) in [6.07, 6.45) is -1.97. The number of cyclic esters (lactones) is 1. The van der Waals surface area contributed by atoms with Crippen molar-refractivity contribution in [3.63, 3.8) is 0 Å². The number of hydrogen-bond acceptors (Lipinski definition) is 4. The van der Waals surface area contributed by atoms with Crippen molar-refractivity contribution in [1.29, 1.82) is 0 Å².